The van der Waals surface area contributed by atoms with Gasteiger partial charge in [-0.05, 0) is 36.8 Å². The van der Waals surface area contributed by atoms with E-state index in [1.54, 1.807) is 0 Å². The Kier molecular flexibility index (Phi) is 3.98. The van der Waals surface area contributed by atoms with Crippen molar-refractivity contribution in [2.24, 2.45) is 11.8 Å². The van der Waals surface area contributed by atoms with Crippen LogP contribution < -0.4 is 10.6 Å². The maximum absolute atomic E-state index is 12.4. The topological polar surface area (TPSA) is 41.1 Å². The summed E-state index contributed by atoms with van der Waals surface area (Å²) in [4.78, 5) is 12.4. The van der Waals surface area contributed by atoms with Gasteiger partial charge in [0.1, 0.15) is 0 Å². The van der Waals surface area contributed by atoms with Crippen LogP contribution in [0.15, 0.2) is 24.3 Å². The van der Waals surface area contributed by atoms with E-state index in [-0.39, 0.29) is 29.6 Å². The first-order valence-electron chi connectivity index (χ1n) is 7.86. The SMILES string of the molecule is Cl.O=C(NCC1CNC1)C1CC12CCCc1ccccc12. The van der Waals surface area contributed by atoms with Crippen LogP contribution in [-0.4, -0.2) is 25.5 Å². The van der Waals surface area contributed by atoms with Crippen molar-refractivity contribution in [3.63, 3.8) is 0 Å². The monoisotopic (exact) mass is 306 g/mol. The quantitative estimate of drug-likeness (QED) is 0.897. The lowest BCUT2D eigenvalue weighted by atomic mass is 9.78. The van der Waals surface area contributed by atoms with E-state index in [1.807, 2.05) is 0 Å². The Morgan fingerprint density at radius 3 is 2.90 bits per heavy atom. The average Bonchev–Trinajstić information content (AvgIpc) is 3.13. The van der Waals surface area contributed by atoms with Crippen LogP contribution in [0.5, 0.6) is 0 Å². The van der Waals surface area contributed by atoms with Crippen molar-refractivity contribution in [1.29, 1.82) is 0 Å². The summed E-state index contributed by atoms with van der Waals surface area (Å²) in [6.07, 6.45) is 4.65. The van der Waals surface area contributed by atoms with E-state index in [1.165, 1.54) is 30.4 Å². The molecule has 2 unspecified atom stereocenters. The molecule has 1 aliphatic heterocycles. The fraction of sp³-hybridized carbons (Fsp3) is 0.588. The van der Waals surface area contributed by atoms with Gasteiger partial charge in [0.15, 0.2) is 0 Å². The third-order valence-corrected chi connectivity index (χ3v) is 5.45. The van der Waals surface area contributed by atoms with Gasteiger partial charge in [0.25, 0.3) is 0 Å². The molecule has 2 atom stereocenters. The fourth-order valence-corrected chi connectivity index (χ4v) is 4.04. The third kappa shape index (κ3) is 2.47. The highest BCUT2D eigenvalue weighted by atomic mass is 35.5. The zero-order valence-corrected chi connectivity index (χ0v) is 13.0. The molecule has 114 valence electrons. The number of carbonyl (C=O) groups excluding carboxylic acids is 1. The van der Waals surface area contributed by atoms with Crippen molar-refractivity contribution in [2.75, 3.05) is 19.6 Å². The number of hydrogen-bond donors (Lipinski definition) is 2. The van der Waals surface area contributed by atoms with Gasteiger partial charge in [-0.2, -0.15) is 0 Å². The molecule has 1 aromatic carbocycles. The molecule has 0 radical (unpaired) electrons. The number of hydrogen-bond acceptors (Lipinski definition) is 2. The number of amides is 1. The summed E-state index contributed by atoms with van der Waals surface area (Å²) in [5.74, 6) is 1.15. The van der Waals surface area contributed by atoms with Gasteiger partial charge in [0, 0.05) is 36.9 Å². The molecule has 2 N–H and O–H groups in total. The van der Waals surface area contributed by atoms with Crippen LogP contribution >= 0.6 is 12.4 Å². The predicted octanol–water partition coefficient (Wildman–Crippen LogP) is 2.04. The molecule has 0 bridgehead atoms. The molecular formula is C17H23ClN2O. The maximum Gasteiger partial charge on any atom is 0.224 e. The zero-order valence-electron chi connectivity index (χ0n) is 12.2. The molecule has 2 fully saturated rings. The van der Waals surface area contributed by atoms with Gasteiger partial charge in [-0.15, -0.1) is 12.4 Å². The Labute approximate surface area is 132 Å². The first-order chi connectivity index (χ1) is 9.79. The molecule has 1 spiro atoms. The number of rotatable bonds is 3. The predicted molar refractivity (Wildman–Crippen MR) is 85.8 cm³/mol. The first-order valence-corrected chi connectivity index (χ1v) is 7.86. The average molecular weight is 307 g/mol. The Bertz CT molecular complexity index is 543. The van der Waals surface area contributed by atoms with Gasteiger partial charge in [-0.1, -0.05) is 24.3 Å². The summed E-state index contributed by atoms with van der Waals surface area (Å²) in [6.45, 7) is 2.96. The number of benzene rings is 1. The summed E-state index contributed by atoms with van der Waals surface area (Å²) in [7, 11) is 0. The van der Waals surface area contributed by atoms with E-state index in [2.05, 4.69) is 34.9 Å². The standard InChI is InChI=1S/C17H22N2O.ClH/c20-16(19-11-12-9-18-10-12)15-8-17(15)7-3-5-13-4-1-2-6-14(13)17;/h1-2,4,6,12,15,18H,3,5,7-11H2,(H,19,20);1H. The van der Waals surface area contributed by atoms with Crippen molar-refractivity contribution in [3.05, 3.63) is 35.4 Å². The molecule has 2 aliphatic carbocycles. The lowest BCUT2D eigenvalue weighted by Crippen LogP contribution is -2.48. The smallest absolute Gasteiger partial charge is 0.224 e. The first kappa shape index (κ1) is 14.9. The molecule has 1 saturated carbocycles. The van der Waals surface area contributed by atoms with Crippen molar-refractivity contribution >= 4 is 18.3 Å². The van der Waals surface area contributed by atoms with Crippen LogP contribution in [0.2, 0.25) is 0 Å². The summed E-state index contributed by atoms with van der Waals surface area (Å²) in [5, 5.41) is 6.42. The highest BCUT2D eigenvalue weighted by molar-refractivity contribution is 5.85. The fourth-order valence-electron chi connectivity index (χ4n) is 4.04. The van der Waals surface area contributed by atoms with Crippen molar-refractivity contribution in [3.8, 4) is 0 Å². The van der Waals surface area contributed by atoms with E-state index in [0.717, 1.165) is 26.1 Å². The lowest BCUT2D eigenvalue weighted by molar-refractivity contribution is -0.123. The lowest BCUT2D eigenvalue weighted by Gasteiger charge is -2.28. The largest absolute Gasteiger partial charge is 0.355 e. The van der Waals surface area contributed by atoms with Gasteiger partial charge in [0.2, 0.25) is 5.91 Å². The van der Waals surface area contributed by atoms with E-state index < -0.39 is 0 Å². The molecule has 0 aromatic heterocycles. The highest BCUT2D eigenvalue weighted by Gasteiger charge is 2.59. The molecule has 1 amide bonds. The molecule has 1 saturated heterocycles. The Hall–Kier alpha value is -1.06. The molecule has 1 aromatic rings. The second-order valence-corrected chi connectivity index (χ2v) is 6.69. The number of halogens is 1. The molecule has 21 heavy (non-hydrogen) atoms. The van der Waals surface area contributed by atoms with Crippen LogP contribution in [0.4, 0.5) is 0 Å². The minimum absolute atomic E-state index is 0. The summed E-state index contributed by atoms with van der Waals surface area (Å²) in [5.41, 5.74) is 3.10. The van der Waals surface area contributed by atoms with Gasteiger partial charge >= 0.3 is 0 Å². The van der Waals surface area contributed by atoms with E-state index in [4.69, 9.17) is 0 Å². The van der Waals surface area contributed by atoms with Crippen molar-refractivity contribution in [2.45, 2.75) is 31.1 Å². The van der Waals surface area contributed by atoms with E-state index in [9.17, 15) is 4.79 Å². The molecule has 4 heteroatoms. The van der Waals surface area contributed by atoms with Gasteiger partial charge in [-0.25, -0.2) is 0 Å². The van der Waals surface area contributed by atoms with Crippen LogP contribution in [0.25, 0.3) is 0 Å². The third-order valence-electron chi connectivity index (χ3n) is 5.45. The minimum Gasteiger partial charge on any atom is -0.355 e. The van der Waals surface area contributed by atoms with Gasteiger partial charge < -0.3 is 10.6 Å². The molecule has 4 rings (SSSR count). The Balaban J connectivity index is 0.00000132. The van der Waals surface area contributed by atoms with Crippen LogP contribution in [0.1, 0.15) is 30.4 Å². The summed E-state index contributed by atoms with van der Waals surface area (Å²) >= 11 is 0. The maximum atomic E-state index is 12.4. The number of nitrogens with one attached hydrogen (secondary N) is 2. The second-order valence-electron chi connectivity index (χ2n) is 6.69. The Morgan fingerprint density at radius 1 is 1.33 bits per heavy atom. The van der Waals surface area contributed by atoms with Crippen molar-refractivity contribution in [1.82, 2.24) is 10.6 Å². The minimum atomic E-state index is 0. The van der Waals surface area contributed by atoms with Gasteiger partial charge in [-0.3, -0.25) is 4.79 Å². The molecular weight excluding hydrogens is 284 g/mol. The van der Waals surface area contributed by atoms with Crippen LogP contribution in [0, 0.1) is 11.8 Å². The van der Waals surface area contributed by atoms with E-state index >= 15 is 0 Å². The molecule has 3 nitrogen and oxygen atoms in total. The van der Waals surface area contributed by atoms with Crippen molar-refractivity contribution < 1.29 is 4.79 Å². The van der Waals surface area contributed by atoms with Crippen LogP contribution in [-0.2, 0) is 16.6 Å². The molecule has 3 aliphatic rings. The van der Waals surface area contributed by atoms with Gasteiger partial charge in [0.05, 0.1) is 0 Å². The summed E-state index contributed by atoms with van der Waals surface area (Å²) in [6, 6.07) is 8.74. The number of aryl methyl sites for hydroxylation is 1. The second kappa shape index (κ2) is 5.62. The number of carbonyl (C=O) groups is 1. The molecule has 1 heterocycles. The van der Waals surface area contributed by atoms with E-state index in [0.29, 0.717) is 5.92 Å². The zero-order chi connectivity index (χ0) is 13.6. The highest BCUT2D eigenvalue weighted by Crippen LogP contribution is 2.60. The van der Waals surface area contributed by atoms with Crippen LogP contribution in [0.3, 0.4) is 0 Å². The normalized spacial score (nSPS) is 30.0. The number of fused-ring (bicyclic) bond motifs is 2. The summed E-state index contributed by atoms with van der Waals surface area (Å²) < 4.78 is 0. The Morgan fingerprint density at radius 2 is 2.14 bits per heavy atom.